The summed E-state index contributed by atoms with van der Waals surface area (Å²) in [7, 11) is 1.65. The summed E-state index contributed by atoms with van der Waals surface area (Å²) in [5.41, 5.74) is 0.824. The SMILES string of the molecule is COCC[C@H](C)NC(=O)Nc1ccccc1I. The van der Waals surface area contributed by atoms with Gasteiger partial charge in [-0.25, -0.2) is 4.79 Å². The zero-order valence-corrected chi connectivity index (χ0v) is 12.2. The molecule has 0 bridgehead atoms. The Hall–Kier alpha value is -0.820. The number of hydrogen-bond donors (Lipinski definition) is 2. The van der Waals surface area contributed by atoms with E-state index in [0.29, 0.717) is 6.61 Å². The fourth-order valence-electron chi connectivity index (χ4n) is 1.31. The number of halogens is 1. The van der Waals surface area contributed by atoms with Gasteiger partial charge >= 0.3 is 6.03 Å². The van der Waals surface area contributed by atoms with Crippen molar-refractivity contribution in [3.63, 3.8) is 0 Å². The van der Waals surface area contributed by atoms with Crippen LogP contribution in [0.2, 0.25) is 0 Å². The number of amides is 2. The van der Waals surface area contributed by atoms with Crippen LogP contribution >= 0.6 is 22.6 Å². The average Bonchev–Trinajstić information content (AvgIpc) is 2.29. The topological polar surface area (TPSA) is 50.4 Å². The molecule has 1 aromatic carbocycles. The Balaban J connectivity index is 2.42. The van der Waals surface area contributed by atoms with Crippen LogP contribution in [-0.2, 0) is 4.74 Å². The maximum absolute atomic E-state index is 11.7. The van der Waals surface area contributed by atoms with Gasteiger partial charge in [0.2, 0.25) is 0 Å². The molecular weight excluding hydrogens is 331 g/mol. The first-order chi connectivity index (χ1) is 8.13. The van der Waals surface area contributed by atoms with E-state index >= 15 is 0 Å². The number of carbonyl (C=O) groups excluding carboxylic acids is 1. The normalized spacial score (nSPS) is 11.9. The van der Waals surface area contributed by atoms with E-state index in [1.54, 1.807) is 7.11 Å². The van der Waals surface area contributed by atoms with Crippen molar-refractivity contribution in [1.82, 2.24) is 5.32 Å². The number of carbonyl (C=O) groups is 1. The highest BCUT2D eigenvalue weighted by molar-refractivity contribution is 14.1. The van der Waals surface area contributed by atoms with Crippen LogP contribution in [0.5, 0.6) is 0 Å². The highest BCUT2D eigenvalue weighted by Crippen LogP contribution is 2.16. The van der Waals surface area contributed by atoms with Crippen molar-refractivity contribution < 1.29 is 9.53 Å². The number of hydrogen-bond acceptors (Lipinski definition) is 2. The molecule has 17 heavy (non-hydrogen) atoms. The highest BCUT2D eigenvalue weighted by atomic mass is 127. The van der Waals surface area contributed by atoms with Crippen molar-refractivity contribution in [2.75, 3.05) is 19.0 Å². The van der Waals surface area contributed by atoms with E-state index in [0.717, 1.165) is 15.7 Å². The van der Waals surface area contributed by atoms with Crippen molar-refractivity contribution in [2.24, 2.45) is 0 Å². The predicted octanol–water partition coefficient (Wildman–Crippen LogP) is 2.84. The van der Waals surface area contributed by atoms with Crippen molar-refractivity contribution in [3.05, 3.63) is 27.8 Å². The Morgan fingerprint density at radius 3 is 2.82 bits per heavy atom. The lowest BCUT2D eigenvalue weighted by atomic mass is 10.2. The summed E-state index contributed by atoms with van der Waals surface area (Å²) in [4.78, 5) is 11.7. The van der Waals surface area contributed by atoms with Crippen LogP contribution in [0.1, 0.15) is 13.3 Å². The fourth-order valence-corrected chi connectivity index (χ4v) is 1.83. The molecule has 0 saturated heterocycles. The number of urea groups is 1. The van der Waals surface area contributed by atoms with E-state index < -0.39 is 0 Å². The van der Waals surface area contributed by atoms with Gasteiger partial charge in [0.1, 0.15) is 0 Å². The molecule has 0 aliphatic carbocycles. The van der Waals surface area contributed by atoms with Gasteiger partial charge in [-0.05, 0) is 48.1 Å². The molecule has 0 spiro atoms. The molecule has 0 aliphatic heterocycles. The molecule has 0 radical (unpaired) electrons. The number of anilines is 1. The third kappa shape index (κ3) is 5.36. The zero-order valence-electron chi connectivity index (χ0n) is 10.00. The molecule has 1 rings (SSSR count). The molecule has 2 N–H and O–H groups in total. The molecule has 1 atom stereocenters. The lowest BCUT2D eigenvalue weighted by Crippen LogP contribution is -2.36. The maximum Gasteiger partial charge on any atom is 0.319 e. The molecule has 1 aromatic rings. The Kier molecular flexibility index (Phi) is 6.28. The zero-order chi connectivity index (χ0) is 12.7. The number of nitrogens with one attached hydrogen (secondary N) is 2. The minimum absolute atomic E-state index is 0.0938. The molecule has 0 aromatic heterocycles. The fraction of sp³-hybridized carbons (Fsp3) is 0.417. The monoisotopic (exact) mass is 348 g/mol. The van der Waals surface area contributed by atoms with Gasteiger partial charge in [0.25, 0.3) is 0 Å². The summed E-state index contributed by atoms with van der Waals surface area (Å²) in [5.74, 6) is 0. The van der Waals surface area contributed by atoms with Crippen LogP contribution in [-0.4, -0.2) is 25.8 Å². The van der Waals surface area contributed by atoms with Crippen molar-refractivity contribution >= 4 is 34.3 Å². The molecular formula is C12H17IN2O2. The van der Waals surface area contributed by atoms with Gasteiger partial charge in [0.15, 0.2) is 0 Å². The number of ether oxygens (including phenoxy) is 1. The lowest BCUT2D eigenvalue weighted by Gasteiger charge is -2.14. The molecule has 0 fully saturated rings. The third-order valence-corrected chi connectivity index (χ3v) is 3.20. The summed E-state index contributed by atoms with van der Waals surface area (Å²) in [6.07, 6.45) is 0.801. The second kappa shape index (κ2) is 7.50. The van der Waals surface area contributed by atoms with Crippen LogP contribution in [0.15, 0.2) is 24.3 Å². The summed E-state index contributed by atoms with van der Waals surface area (Å²) >= 11 is 2.19. The number of rotatable bonds is 5. The molecule has 2 amide bonds. The highest BCUT2D eigenvalue weighted by Gasteiger charge is 2.08. The predicted molar refractivity (Wildman–Crippen MR) is 77.3 cm³/mol. The van der Waals surface area contributed by atoms with E-state index in [9.17, 15) is 4.79 Å². The van der Waals surface area contributed by atoms with Gasteiger partial charge in [0.05, 0.1) is 5.69 Å². The van der Waals surface area contributed by atoms with Crippen LogP contribution in [0.25, 0.3) is 0 Å². The molecule has 94 valence electrons. The summed E-state index contributed by atoms with van der Waals surface area (Å²) < 4.78 is 5.98. The van der Waals surface area contributed by atoms with E-state index in [2.05, 4.69) is 33.2 Å². The Bertz CT molecular complexity index is 371. The summed E-state index contributed by atoms with van der Waals surface area (Å²) in [6.45, 7) is 2.60. The standard InChI is InChI=1S/C12H17IN2O2/c1-9(7-8-17-2)14-12(16)15-11-6-4-3-5-10(11)13/h3-6,9H,7-8H2,1-2H3,(H2,14,15,16)/t9-/m0/s1. The van der Waals surface area contributed by atoms with Crippen molar-refractivity contribution in [2.45, 2.75) is 19.4 Å². The maximum atomic E-state index is 11.7. The molecule has 0 heterocycles. The number of benzene rings is 1. The van der Waals surface area contributed by atoms with Gasteiger partial charge in [0, 0.05) is 23.3 Å². The quantitative estimate of drug-likeness (QED) is 0.804. The van der Waals surface area contributed by atoms with Crippen LogP contribution in [0, 0.1) is 3.57 Å². The first kappa shape index (κ1) is 14.2. The van der Waals surface area contributed by atoms with Crippen LogP contribution in [0.4, 0.5) is 10.5 Å². The van der Waals surface area contributed by atoms with E-state index in [1.165, 1.54) is 0 Å². The Labute approximate surface area is 115 Å². The summed E-state index contributed by atoms with van der Waals surface area (Å²) in [6, 6.07) is 7.57. The second-order valence-electron chi connectivity index (χ2n) is 3.76. The minimum Gasteiger partial charge on any atom is -0.385 e. The molecule has 5 heteroatoms. The number of methoxy groups -OCH3 is 1. The van der Waals surface area contributed by atoms with Crippen molar-refractivity contribution in [1.29, 1.82) is 0 Å². The lowest BCUT2D eigenvalue weighted by molar-refractivity contribution is 0.185. The van der Waals surface area contributed by atoms with Gasteiger partial charge in [-0.15, -0.1) is 0 Å². The number of para-hydroxylation sites is 1. The smallest absolute Gasteiger partial charge is 0.319 e. The van der Waals surface area contributed by atoms with Crippen LogP contribution in [0.3, 0.4) is 0 Å². The third-order valence-electron chi connectivity index (χ3n) is 2.25. The van der Waals surface area contributed by atoms with E-state index in [-0.39, 0.29) is 12.1 Å². The average molecular weight is 348 g/mol. The Morgan fingerprint density at radius 2 is 2.18 bits per heavy atom. The van der Waals surface area contributed by atoms with Gasteiger partial charge in [-0.2, -0.15) is 0 Å². The first-order valence-electron chi connectivity index (χ1n) is 5.44. The van der Waals surface area contributed by atoms with E-state index in [1.807, 2.05) is 31.2 Å². The first-order valence-corrected chi connectivity index (χ1v) is 6.52. The second-order valence-corrected chi connectivity index (χ2v) is 4.92. The largest absolute Gasteiger partial charge is 0.385 e. The molecule has 4 nitrogen and oxygen atoms in total. The molecule has 0 unspecified atom stereocenters. The Morgan fingerprint density at radius 1 is 1.47 bits per heavy atom. The summed E-state index contributed by atoms with van der Waals surface area (Å²) in [5, 5.41) is 5.68. The van der Waals surface area contributed by atoms with Gasteiger partial charge in [-0.1, -0.05) is 12.1 Å². The van der Waals surface area contributed by atoms with Crippen LogP contribution < -0.4 is 10.6 Å². The molecule has 0 saturated carbocycles. The van der Waals surface area contributed by atoms with E-state index in [4.69, 9.17) is 4.74 Å². The molecule has 0 aliphatic rings. The minimum atomic E-state index is -0.183. The van der Waals surface area contributed by atoms with Crippen molar-refractivity contribution in [3.8, 4) is 0 Å². The van der Waals surface area contributed by atoms with Gasteiger partial charge < -0.3 is 15.4 Å². The van der Waals surface area contributed by atoms with Gasteiger partial charge in [-0.3, -0.25) is 0 Å².